The first-order chi connectivity index (χ1) is 9.63. The van der Waals surface area contributed by atoms with Gasteiger partial charge in [0.25, 0.3) is 0 Å². The molecule has 2 rings (SSSR count). The number of nitrogens with one attached hydrogen (secondary N) is 1. The van der Waals surface area contributed by atoms with Crippen molar-refractivity contribution in [3.63, 3.8) is 0 Å². The maximum absolute atomic E-state index is 12.3. The zero-order valence-electron chi connectivity index (χ0n) is 12.4. The van der Waals surface area contributed by atoms with Crippen molar-refractivity contribution in [2.24, 2.45) is 5.92 Å². The molecule has 2 amide bonds. The predicted octanol–water partition coefficient (Wildman–Crippen LogP) is -0.308. The highest BCUT2D eigenvalue weighted by Crippen LogP contribution is 2.18. The van der Waals surface area contributed by atoms with E-state index in [1.54, 1.807) is 7.11 Å². The van der Waals surface area contributed by atoms with E-state index in [0.29, 0.717) is 19.7 Å². The minimum Gasteiger partial charge on any atom is -0.384 e. The van der Waals surface area contributed by atoms with E-state index < -0.39 is 0 Å². The molecule has 0 radical (unpaired) electrons. The molecule has 0 aromatic rings. The average Bonchev–Trinajstić information content (AvgIpc) is 2.47. The molecule has 0 aromatic heterocycles. The Bertz CT molecular complexity index is 362. The topological polar surface area (TPSA) is 61.9 Å². The van der Waals surface area contributed by atoms with Gasteiger partial charge < -0.3 is 19.9 Å². The highest BCUT2D eigenvalue weighted by atomic mass is 16.5. The Kier molecular flexibility index (Phi) is 5.37. The number of likely N-dealkylation sites (tertiary alicyclic amines) is 1. The van der Waals surface area contributed by atoms with E-state index in [1.807, 2.05) is 16.7 Å². The number of carbonyl (C=O) groups is 2. The van der Waals surface area contributed by atoms with Crippen LogP contribution < -0.4 is 5.32 Å². The first-order valence-electron chi connectivity index (χ1n) is 7.41. The van der Waals surface area contributed by atoms with Gasteiger partial charge in [-0.2, -0.15) is 0 Å². The average molecular weight is 283 g/mol. The Morgan fingerprint density at radius 1 is 1.50 bits per heavy atom. The van der Waals surface area contributed by atoms with E-state index in [-0.39, 0.29) is 23.8 Å². The van der Waals surface area contributed by atoms with Crippen LogP contribution in [0.4, 0.5) is 0 Å². The molecule has 0 bridgehead atoms. The van der Waals surface area contributed by atoms with Crippen LogP contribution in [0.3, 0.4) is 0 Å². The minimum absolute atomic E-state index is 0.113. The van der Waals surface area contributed by atoms with Crippen LogP contribution in [0.25, 0.3) is 0 Å². The number of piperidine rings is 1. The summed E-state index contributed by atoms with van der Waals surface area (Å²) in [5.41, 5.74) is 0. The SMILES string of the molecule is COCC(C)C(=O)N1CCCC(N2CCNCC2=O)C1. The van der Waals surface area contributed by atoms with Crippen LogP contribution in [-0.2, 0) is 14.3 Å². The fraction of sp³-hybridized carbons (Fsp3) is 0.857. The van der Waals surface area contributed by atoms with Crippen LogP contribution in [0.15, 0.2) is 0 Å². The van der Waals surface area contributed by atoms with Gasteiger partial charge >= 0.3 is 0 Å². The quantitative estimate of drug-likeness (QED) is 0.769. The van der Waals surface area contributed by atoms with Crippen molar-refractivity contribution in [1.82, 2.24) is 15.1 Å². The molecule has 2 atom stereocenters. The number of nitrogens with zero attached hydrogens (tertiary/aromatic N) is 2. The molecular formula is C14H25N3O3. The number of carbonyl (C=O) groups excluding carboxylic acids is 2. The van der Waals surface area contributed by atoms with Crippen LogP contribution in [0.5, 0.6) is 0 Å². The normalized spacial score (nSPS) is 25.7. The van der Waals surface area contributed by atoms with Crippen LogP contribution in [0, 0.1) is 5.92 Å². The molecule has 0 spiro atoms. The highest BCUT2D eigenvalue weighted by Gasteiger charge is 2.32. The zero-order valence-corrected chi connectivity index (χ0v) is 12.4. The smallest absolute Gasteiger partial charge is 0.236 e. The van der Waals surface area contributed by atoms with E-state index >= 15 is 0 Å². The lowest BCUT2D eigenvalue weighted by atomic mass is 10.0. The van der Waals surface area contributed by atoms with Crippen molar-refractivity contribution in [2.75, 3.05) is 46.4 Å². The molecule has 2 aliphatic heterocycles. The minimum atomic E-state index is -0.113. The van der Waals surface area contributed by atoms with Gasteiger partial charge in [0, 0.05) is 39.3 Å². The van der Waals surface area contributed by atoms with Crippen LogP contribution >= 0.6 is 0 Å². The van der Waals surface area contributed by atoms with Crippen LogP contribution in [0.2, 0.25) is 0 Å². The number of piperazine rings is 1. The Morgan fingerprint density at radius 3 is 3.00 bits per heavy atom. The van der Waals surface area contributed by atoms with Gasteiger partial charge in [0.05, 0.1) is 19.1 Å². The summed E-state index contributed by atoms with van der Waals surface area (Å²) in [5.74, 6) is 0.178. The van der Waals surface area contributed by atoms with Crippen molar-refractivity contribution in [1.29, 1.82) is 0 Å². The monoisotopic (exact) mass is 283 g/mol. The van der Waals surface area contributed by atoms with Gasteiger partial charge in [-0.25, -0.2) is 0 Å². The summed E-state index contributed by atoms with van der Waals surface area (Å²) in [6, 6.07) is 0.178. The second kappa shape index (κ2) is 7.04. The Labute approximate surface area is 120 Å². The summed E-state index contributed by atoms with van der Waals surface area (Å²) in [4.78, 5) is 28.1. The van der Waals surface area contributed by atoms with Crippen molar-refractivity contribution < 1.29 is 14.3 Å². The summed E-state index contributed by atoms with van der Waals surface area (Å²) in [7, 11) is 1.61. The maximum atomic E-state index is 12.3. The fourth-order valence-corrected chi connectivity index (χ4v) is 3.05. The largest absolute Gasteiger partial charge is 0.384 e. The lowest BCUT2D eigenvalue weighted by Gasteiger charge is -2.41. The summed E-state index contributed by atoms with van der Waals surface area (Å²) < 4.78 is 5.06. The van der Waals surface area contributed by atoms with Crippen molar-refractivity contribution in [3.05, 3.63) is 0 Å². The van der Waals surface area contributed by atoms with Crippen LogP contribution in [0.1, 0.15) is 19.8 Å². The molecule has 2 saturated heterocycles. The molecular weight excluding hydrogens is 258 g/mol. The van der Waals surface area contributed by atoms with E-state index in [2.05, 4.69) is 5.32 Å². The van der Waals surface area contributed by atoms with Gasteiger partial charge in [-0.05, 0) is 12.8 Å². The molecule has 6 nitrogen and oxygen atoms in total. The van der Waals surface area contributed by atoms with E-state index in [9.17, 15) is 9.59 Å². The van der Waals surface area contributed by atoms with Crippen LogP contribution in [-0.4, -0.2) is 74.1 Å². The molecule has 2 unspecified atom stereocenters. The fourth-order valence-electron chi connectivity index (χ4n) is 3.05. The molecule has 2 fully saturated rings. The van der Waals surface area contributed by atoms with Gasteiger partial charge in [0.1, 0.15) is 0 Å². The number of amides is 2. The van der Waals surface area contributed by atoms with E-state index in [0.717, 1.165) is 32.5 Å². The number of hydrogen-bond acceptors (Lipinski definition) is 4. The first-order valence-corrected chi connectivity index (χ1v) is 7.41. The molecule has 0 saturated carbocycles. The number of methoxy groups -OCH3 is 1. The molecule has 114 valence electrons. The number of rotatable bonds is 4. The molecule has 2 aliphatic rings. The predicted molar refractivity (Wildman–Crippen MR) is 75.2 cm³/mol. The second-order valence-electron chi connectivity index (χ2n) is 5.70. The third-order valence-corrected chi connectivity index (χ3v) is 4.11. The van der Waals surface area contributed by atoms with Gasteiger partial charge in [-0.3, -0.25) is 9.59 Å². The molecule has 20 heavy (non-hydrogen) atoms. The molecule has 6 heteroatoms. The maximum Gasteiger partial charge on any atom is 0.236 e. The molecule has 2 heterocycles. The lowest BCUT2D eigenvalue weighted by Crippen LogP contribution is -2.58. The van der Waals surface area contributed by atoms with Crippen molar-refractivity contribution >= 4 is 11.8 Å². The molecule has 1 N–H and O–H groups in total. The van der Waals surface area contributed by atoms with Gasteiger partial charge in [-0.15, -0.1) is 0 Å². The van der Waals surface area contributed by atoms with Crippen molar-refractivity contribution in [3.8, 4) is 0 Å². The van der Waals surface area contributed by atoms with Crippen molar-refractivity contribution in [2.45, 2.75) is 25.8 Å². The third kappa shape index (κ3) is 3.49. The van der Waals surface area contributed by atoms with Gasteiger partial charge in [-0.1, -0.05) is 6.92 Å². The summed E-state index contributed by atoms with van der Waals surface area (Å²) in [6.45, 7) is 5.82. The highest BCUT2D eigenvalue weighted by molar-refractivity contribution is 5.80. The lowest BCUT2D eigenvalue weighted by molar-refractivity contribution is -0.143. The third-order valence-electron chi connectivity index (χ3n) is 4.11. The molecule has 0 aromatic carbocycles. The van der Waals surface area contributed by atoms with E-state index in [1.165, 1.54) is 0 Å². The van der Waals surface area contributed by atoms with E-state index in [4.69, 9.17) is 4.74 Å². The zero-order chi connectivity index (χ0) is 14.5. The number of hydrogen-bond donors (Lipinski definition) is 1. The second-order valence-corrected chi connectivity index (χ2v) is 5.70. The van der Waals surface area contributed by atoms with Gasteiger partial charge in [0.2, 0.25) is 11.8 Å². The first kappa shape index (κ1) is 15.3. The summed E-state index contributed by atoms with van der Waals surface area (Å²) in [6.07, 6.45) is 1.96. The summed E-state index contributed by atoms with van der Waals surface area (Å²) in [5, 5.41) is 3.08. The Hall–Kier alpha value is -1.14. The molecule has 0 aliphatic carbocycles. The van der Waals surface area contributed by atoms with Gasteiger partial charge in [0.15, 0.2) is 0 Å². The Morgan fingerprint density at radius 2 is 2.30 bits per heavy atom. The standard InChI is InChI=1S/C14H25N3O3/c1-11(10-20-2)14(19)16-6-3-4-12(9-16)17-7-5-15-8-13(17)18/h11-12,15H,3-10H2,1-2H3. The summed E-state index contributed by atoms with van der Waals surface area (Å²) >= 11 is 0. The Balaban J connectivity index is 1.94. The number of ether oxygens (including phenoxy) is 1.